The van der Waals surface area contributed by atoms with Gasteiger partial charge in [0.1, 0.15) is 0 Å². The number of hydrogen-bond donors (Lipinski definition) is 2. The minimum Gasteiger partial charge on any atom is -0.392 e. The molecule has 0 aliphatic carbocycles. The molecule has 15 heavy (non-hydrogen) atoms. The molecule has 1 heterocycles. The first kappa shape index (κ1) is 10.7. The van der Waals surface area contributed by atoms with Crippen molar-refractivity contribution >= 4 is 0 Å². The number of aliphatic hydroxyl groups excluding tert-OH is 1. The van der Waals surface area contributed by atoms with Crippen molar-refractivity contribution in [1.29, 1.82) is 0 Å². The zero-order chi connectivity index (χ0) is 10.7. The van der Waals surface area contributed by atoms with E-state index in [0.29, 0.717) is 5.92 Å². The van der Waals surface area contributed by atoms with Gasteiger partial charge in [0.15, 0.2) is 0 Å². The molecule has 1 fully saturated rings. The van der Waals surface area contributed by atoms with Gasteiger partial charge in [-0.3, -0.25) is 0 Å². The molecule has 0 radical (unpaired) electrons. The molecule has 82 valence electrons. The molecule has 2 N–H and O–H groups in total. The molecule has 1 aliphatic heterocycles. The van der Waals surface area contributed by atoms with Crippen molar-refractivity contribution in [3.05, 3.63) is 35.4 Å². The average Bonchev–Trinajstić information content (AvgIpc) is 2.25. The Balaban J connectivity index is 1.98. The number of aliphatic hydroxyl groups is 1. The predicted octanol–water partition coefficient (Wildman–Crippen LogP) is 1.51. The van der Waals surface area contributed by atoms with Crippen LogP contribution in [0, 0.1) is 12.8 Å². The van der Waals surface area contributed by atoms with Gasteiger partial charge in [-0.15, -0.1) is 0 Å². The van der Waals surface area contributed by atoms with Gasteiger partial charge in [0.2, 0.25) is 0 Å². The van der Waals surface area contributed by atoms with E-state index >= 15 is 0 Å². The van der Waals surface area contributed by atoms with Crippen molar-refractivity contribution in [3.63, 3.8) is 0 Å². The van der Waals surface area contributed by atoms with Gasteiger partial charge in [-0.1, -0.05) is 29.8 Å². The molecule has 0 bridgehead atoms. The zero-order valence-corrected chi connectivity index (χ0v) is 9.24. The van der Waals surface area contributed by atoms with Gasteiger partial charge in [-0.05, 0) is 37.8 Å². The third kappa shape index (κ3) is 2.80. The Hall–Kier alpha value is -0.860. The van der Waals surface area contributed by atoms with E-state index in [9.17, 15) is 5.11 Å². The second-order valence-corrected chi connectivity index (χ2v) is 4.51. The maximum atomic E-state index is 9.82. The van der Waals surface area contributed by atoms with Crippen LogP contribution in [0.4, 0.5) is 0 Å². The number of aryl methyl sites for hydroxylation is 1. The Bertz CT molecular complexity index is 307. The maximum Gasteiger partial charge on any atom is 0.0696 e. The van der Waals surface area contributed by atoms with Gasteiger partial charge in [-0.2, -0.15) is 0 Å². The summed E-state index contributed by atoms with van der Waals surface area (Å²) in [5, 5.41) is 13.0. The fraction of sp³-hybridized carbons (Fsp3) is 0.538. The highest BCUT2D eigenvalue weighted by Gasteiger charge is 2.22. The first-order valence-electron chi connectivity index (χ1n) is 5.70. The van der Waals surface area contributed by atoms with Crippen LogP contribution in [-0.4, -0.2) is 24.3 Å². The minimum atomic E-state index is -0.181. The Kier molecular flexibility index (Phi) is 3.39. The van der Waals surface area contributed by atoms with Gasteiger partial charge in [-0.25, -0.2) is 0 Å². The summed E-state index contributed by atoms with van der Waals surface area (Å²) in [7, 11) is 0. The first-order valence-corrected chi connectivity index (χ1v) is 5.70. The van der Waals surface area contributed by atoms with Crippen LogP contribution < -0.4 is 5.32 Å². The third-order valence-corrected chi connectivity index (χ3v) is 3.21. The van der Waals surface area contributed by atoms with Crippen molar-refractivity contribution in [1.82, 2.24) is 5.32 Å². The molecule has 0 saturated carbocycles. The molecule has 2 nitrogen and oxygen atoms in total. The van der Waals surface area contributed by atoms with Gasteiger partial charge in [0, 0.05) is 6.54 Å². The lowest BCUT2D eigenvalue weighted by atomic mass is 9.88. The molecule has 2 heteroatoms. The highest BCUT2D eigenvalue weighted by Crippen LogP contribution is 2.18. The van der Waals surface area contributed by atoms with Crippen LogP contribution in [0.15, 0.2) is 24.3 Å². The summed E-state index contributed by atoms with van der Waals surface area (Å²) in [6.45, 7) is 3.88. The van der Waals surface area contributed by atoms with Gasteiger partial charge in [0.05, 0.1) is 6.10 Å². The molecular formula is C13H19NO. The highest BCUT2D eigenvalue weighted by atomic mass is 16.3. The van der Waals surface area contributed by atoms with Crippen LogP contribution in [0.5, 0.6) is 0 Å². The van der Waals surface area contributed by atoms with Crippen molar-refractivity contribution in [2.75, 3.05) is 13.1 Å². The average molecular weight is 205 g/mol. The number of β-amino-alcohol motifs (C(OH)–C–C–N with tert-alkyl or cyclic N) is 1. The van der Waals surface area contributed by atoms with Crippen LogP contribution in [0.25, 0.3) is 0 Å². The number of benzene rings is 1. The van der Waals surface area contributed by atoms with Crippen molar-refractivity contribution < 1.29 is 5.11 Å². The maximum absolute atomic E-state index is 9.82. The third-order valence-electron chi connectivity index (χ3n) is 3.21. The molecule has 1 saturated heterocycles. The number of rotatable bonds is 2. The summed E-state index contributed by atoms with van der Waals surface area (Å²) >= 11 is 0. The van der Waals surface area contributed by atoms with Gasteiger partial charge >= 0.3 is 0 Å². The number of hydrogen-bond acceptors (Lipinski definition) is 2. The van der Waals surface area contributed by atoms with E-state index in [2.05, 4.69) is 36.5 Å². The van der Waals surface area contributed by atoms with Crippen LogP contribution in [-0.2, 0) is 6.42 Å². The molecule has 0 unspecified atom stereocenters. The monoisotopic (exact) mass is 205 g/mol. The largest absolute Gasteiger partial charge is 0.392 e. The van der Waals surface area contributed by atoms with Crippen molar-refractivity contribution in [2.24, 2.45) is 5.92 Å². The Morgan fingerprint density at radius 1 is 1.33 bits per heavy atom. The van der Waals surface area contributed by atoms with E-state index in [-0.39, 0.29) is 6.10 Å². The SMILES string of the molecule is Cc1ccc(C[C@@H]2CCNC[C@H]2O)cc1. The molecule has 2 rings (SSSR count). The Morgan fingerprint density at radius 3 is 2.73 bits per heavy atom. The molecular weight excluding hydrogens is 186 g/mol. The quantitative estimate of drug-likeness (QED) is 0.767. The molecule has 0 aromatic heterocycles. The van der Waals surface area contributed by atoms with E-state index in [1.54, 1.807) is 0 Å². The van der Waals surface area contributed by atoms with E-state index in [0.717, 1.165) is 25.9 Å². The van der Waals surface area contributed by atoms with Gasteiger partial charge < -0.3 is 10.4 Å². The zero-order valence-electron chi connectivity index (χ0n) is 9.24. The first-order chi connectivity index (χ1) is 7.25. The van der Waals surface area contributed by atoms with Crippen LogP contribution >= 0.6 is 0 Å². The number of piperidine rings is 1. The summed E-state index contributed by atoms with van der Waals surface area (Å²) in [5.41, 5.74) is 2.64. The number of nitrogens with one attached hydrogen (secondary N) is 1. The van der Waals surface area contributed by atoms with Crippen LogP contribution in [0.2, 0.25) is 0 Å². The molecule has 0 amide bonds. The van der Waals surface area contributed by atoms with E-state index in [1.165, 1.54) is 11.1 Å². The molecule has 1 aromatic carbocycles. The molecule has 0 spiro atoms. The lowest BCUT2D eigenvalue weighted by Gasteiger charge is -2.28. The van der Waals surface area contributed by atoms with Crippen LogP contribution in [0.3, 0.4) is 0 Å². The van der Waals surface area contributed by atoms with Gasteiger partial charge in [0.25, 0.3) is 0 Å². The Morgan fingerprint density at radius 2 is 2.07 bits per heavy atom. The lowest BCUT2D eigenvalue weighted by molar-refractivity contribution is 0.0820. The molecule has 1 aromatic rings. The fourth-order valence-corrected chi connectivity index (χ4v) is 2.16. The second-order valence-electron chi connectivity index (χ2n) is 4.51. The smallest absolute Gasteiger partial charge is 0.0696 e. The highest BCUT2D eigenvalue weighted by molar-refractivity contribution is 5.21. The second kappa shape index (κ2) is 4.77. The topological polar surface area (TPSA) is 32.3 Å². The lowest BCUT2D eigenvalue weighted by Crippen LogP contribution is -2.41. The summed E-state index contributed by atoms with van der Waals surface area (Å²) < 4.78 is 0. The summed E-state index contributed by atoms with van der Waals surface area (Å²) in [4.78, 5) is 0. The minimum absolute atomic E-state index is 0.181. The standard InChI is InChI=1S/C13H19NO/c1-10-2-4-11(5-3-10)8-12-6-7-14-9-13(12)15/h2-5,12-15H,6-9H2,1H3/t12-,13+/m0/s1. The molecule has 2 atom stereocenters. The molecule has 1 aliphatic rings. The fourth-order valence-electron chi connectivity index (χ4n) is 2.16. The summed E-state index contributed by atoms with van der Waals surface area (Å²) in [5.74, 6) is 0.425. The predicted molar refractivity (Wildman–Crippen MR) is 61.9 cm³/mol. The summed E-state index contributed by atoms with van der Waals surface area (Å²) in [6.07, 6.45) is 1.90. The van der Waals surface area contributed by atoms with E-state index < -0.39 is 0 Å². The van der Waals surface area contributed by atoms with E-state index in [4.69, 9.17) is 0 Å². The van der Waals surface area contributed by atoms with Crippen molar-refractivity contribution in [2.45, 2.75) is 25.9 Å². The van der Waals surface area contributed by atoms with E-state index in [1.807, 2.05) is 0 Å². The van der Waals surface area contributed by atoms with Crippen LogP contribution in [0.1, 0.15) is 17.5 Å². The summed E-state index contributed by atoms with van der Waals surface area (Å²) in [6, 6.07) is 8.62. The van der Waals surface area contributed by atoms with Crippen molar-refractivity contribution in [3.8, 4) is 0 Å². The Labute approximate surface area is 91.3 Å². The normalized spacial score (nSPS) is 26.5.